The fourth-order valence-corrected chi connectivity index (χ4v) is 4.42. The molecule has 0 bridgehead atoms. The maximum atomic E-state index is 12.7. The number of nitrogens with zero attached hydrogens (tertiary/aromatic N) is 4. The van der Waals surface area contributed by atoms with Gasteiger partial charge in [-0.1, -0.05) is 48.5 Å². The van der Waals surface area contributed by atoms with Crippen LogP contribution < -0.4 is 4.90 Å². The number of carbonyl (C=O) groups is 2. The van der Waals surface area contributed by atoms with Crippen LogP contribution in [0.25, 0.3) is 0 Å². The third kappa shape index (κ3) is 3.93. The molecule has 2 aliphatic rings. The Bertz CT molecular complexity index is 1090. The van der Waals surface area contributed by atoms with Crippen molar-refractivity contribution in [2.75, 3.05) is 31.1 Å². The van der Waals surface area contributed by atoms with Crippen LogP contribution in [0.2, 0.25) is 0 Å². The molecule has 1 amide bonds. The lowest BCUT2D eigenvalue weighted by Crippen LogP contribution is -2.49. The number of aromatic nitrogens is 2. The topological polar surface area (TPSA) is 66.4 Å². The van der Waals surface area contributed by atoms with E-state index in [4.69, 9.17) is 4.98 Å². The third-order valence-electron chi connectivity index (χ3n) is 6.17. The SMILES string of the molecule is O=C1CC(c2ccccc2)Cc2nc(N3CCN(C(=O)c4ccccc4)CC3)ncc21. The molecular formula is C25H24N4O2. The molecule has 1 unspecified atom stereocenters. The van der Waals surface area contributed by atoms with Crippen molar-refractivity contribution in [1.82, 2.24) is 14.9 Å². The van der Waals surface area contributed by atoms with Crippen molar-refractivity contribution in [2.24, 2.45) is 0 Å². The average molecular weight is 412 g/mol. The van der Waals surface area contributed by atoms with Gasteiger partial charge >= 0.3 is 0 Å². The second kappa shape index (κ2) is 8.30. The van der Waals surface area contributed by atoms with Crippen LogP contribution in [0, 0.1) is 0 Å². The molecule has 0 saturated carbocycles. The van der Waals surface area contributed by atoms with E-state index >= 15 is 0 Å². The van der Waals surface area contributed by atoms with Gasteiger partial charge in [-0.05, 0) is 30.0 Å². The van der Waals surface area contributed by atoms with Crippen LogP contribution in [0.15, 0.2) is 66.9 Å². The van der Waals surface area contributed by atoms with Gasteiger partial charge in [0.2, 0.25) is 5.95 Å². The molecule has 156 valence electrons. The first-order valence-corrected chi connectivity index (χ1v) is 10.7. The highest BCUT2D eigenvalue weighted by Gasteiger charge is 2.29. The van der Waals surface area contributed by atoms with Crippen molar-refractivity contribution in [2.45, 2.75) is 18.8 Å². The molecule has 2 aromatic carbocycles. The summed E-state index contributed by atoms with van der Waals surface area (Å²) in [7, 11) is 0. The van der Waals surface area contributed by atoms with Crippen LogP contribution in [0.4, 0.5) is 5.95 Å². The number of hydrogen-bond donors (Lipinski definition) is 0. The van der Waals surface area contributed by atoms with Gasteiger partial charge in [0.1, 0.15) is 0 Å². The van der Waals surface area contributed by atoms with Gasteiger partial charge in [0, 0.05) is 44.4 Å². The number of carbonyl (C=O) groups excluding carboxylic acids is 2. The summed E-state index contributed by atoms with van der Waals surface area (Å²) in [4.78, 5) is 38.6. The van der Waals surface area contributed by atoms with Crippen LogP contribution in [-0.4, -0.2) is 52.7 Å². The zero-order valence-corrected chi connectivity index (χ0v) is 17.3. The van der Waals surface area contributed by atoms with E-state index < -0.39 is 0 Å². The van der Waals surface area contributed by atoms with E-state index in [2.05, 4.69) is 22.0 Å². The highest BCUT2D eigenvalue weighted by atomic mass is 16.2. The molecule has 3 aromatic rings. The van der Waals surface area contributed by atoms with Crippen LogP contribution in [-0.2, 0) is 6.42 Å². The quantitative estimate of drug-likeness (QED) is 0.660. The van der Waals surface area contributed by atoms with Crippen molar-refractivity contribution >= 4 is 17.6 Å². The zero-order chi connectivity index (χ0) is 21.2. The minimum atomic E-state index is 0.0582. The number of Topliss-reactive ketones (excluding diaryl/α,β-unsaturated/α-hetero) is 1. The standard InChI is InChI=1S/C25H24N4O2/c30-23-16-20(18-7-3-1-4-8-18)15-22-21(23)17-26-25(27-22)29-13-11-28(12-14-29)24(31)19-9-5-2-6-10-19/h1-10,17,20H,11-16H2. The molecule has 1 aliphatic heterocycles. The molecule has 1 saturated heterocycles. The lowest BCUT2D eigenvalue weighted by molar-refractivity contribution is 0.0745. The average Bonchev–Trinajstić information content (AvgIpc) is 2.84. The number of amides is 1. The Kier molecular flexibility index (Phi) is 5.20. The number of piperazine rings is 1. The van der Waals surface area contributed by atoms with Gasteiger partial charge in [-0.25, -0.2) is 9.97 Å². The Balaban J connectivity index is 1.29. The Labute approximate surface area is 181 Å². The molecule has 0 spiro atoms. The molecule has 0 N–H and O–H groups in total. The lowest BCUT2D eigenvalue weighted by atomic mass is 9.82. The maximum absolute atomic E-state index is 12.7. The minimum Gasteiger partial charge on any atom is -0.337 e. The van der Waals surface area contributed by atoms with Crippen molar-refractivity contribution in [3.05, 3.63) is 89.2 Å². The molecule has 1 aromatic heterocycles. The van der Waals surface area contributed by atoms with Gasteiger partial charge in [-0.3, -0.25) is 9.59 Å². The number of rotatable bonds is 3. The molecule has 0 radical (unpaired) electrons. The van der Waals surface area contributed by atoms with E-state index in [9.17, 15) is 9.59 Å². The van der Waals surface area contributed by atoms with Gasteiger partial charge in [0.05, 0.1) is 11.3 Å². The van der Waals surface area contributed by atoms with Gasteiger partial charge in [-0.15, -0.1) is 0 Å². The van der Waals surface area contributed by atoms with Crippen molar-refractivity contribution in [3.63, 3.8) is 0 Å². The van der Waals surface area contributed by atoms with Crippen LogP contribution in [0.3, 0.4) is 0 Å². The fourth-order valence-electron chi connectivity index (χ4n) is 4.42. The lowest BCUT2D eigenvalue weighted by Gasteiger charge is -2.35. The highest BCUT2D eigenvalue weighted by molar-refractivity contribution is 5.98. The van der Waals surface area contributed by atoms with Gasteiger partial charge in [-0.2, -0.15) is 0 Å². The molecule has 1 fully saturated rings. The summed E-state index contributed by atoms with van der Waals surface area (Å²) in [5, 5.41) is 0. The smallest absolute Gasteiger partial charge is 0.253 e. The summed E-state index contributed by atoms with van der Waals surface area (Å²) < 4.78 is 0. The maximum Gasteiger partial charge on any atom is 0.253 e. The predicted octanol–water partition coefficient (Wildman–Crippen LogP) is 3.35. The number of hydrogen-bond acceptors (Lipinski definition) is 5. The van der Waals surface area contributed by atoms with Crippen LogP contribution >= 0.6 is 0 Å². The largest absolute Gasteiger partial charge is 0.337 e. The summed E-state index contributed by atoms with van der Waals surface area (Å²) in [5.41, 5.74) is 3.37. The summed E-state index contributed by atoms with van der Waals surface area (Å²) in [6.07, 6.45) is 2.93. The van der Waals surface area contributed by atoms with Crippen LogP contribution in [0.5, 0.6) is 0 Å². The first-order chi connectivity index (χ1) is 15.2. The van der Waals surface area contributed by atoms with Gasteiger partial charge in [0.25, 0.3) is 5.91 Å². The predicted molar refractivity (Wildman–Crippen MR) is 118 cm³/mol. The number of anilines is 1. The Hall–Kier alpha value is -3.54. The summed E-state index contributed by atoms with van der Waals surface area (Å²) in [5.74, 6) is 0.971. The van der Waals surface area contributed by atoms with Crippen molar-refractivity contribution < 1.29 is 9.59 Å². The van der Waals surface area contributed by atoms with Gasteiger partial charge < -0.3 is 9.80 Å². The molecule has 31 heavy (non-hydrogen) atoms. The fraction of sp³-hybridized carbons (Fsp3) is 0.280. The number of benzene rings is 2. The Morgan fingerprint density at radius 2 is 1.55 bits per heavy atom. The molecule has 6 heteroatoms. The normalized spacial score (nSPS) is 18.6. The van der Waals surface area contributed by atoms with Crippen molar-refractivity contribution in [3.8, 4) is 0 Å². The first-order valence-electron chi connectivity index (χ1n) is 10.7. The molecular weight excluding hydrogens is 388 g/mol. The van der Waals surface area contributed by atoms with Crippen LogP contribution in [0.1, 0.15) is 44.3 Å². The van der Waals surface area contributed by atoms with E-state index in [1.807, 2.05) is 53.4 Å². The molecule has 2 heterocycles. The van der Waals surface area contributed by atoms with Crippen molar-refractivity contribution in [1.29, 1.82) is 0 Å². The summed E-state index contributed by atoms with van der Waals surface area (Å²) in [6, 6.07) is 19.5. The second-order valence-corrected chi connectivity index (χ2v) is 8.11. The summed E-state index contributed by atoms with van der Waals surface area (Å²) >= 11 is 0. The third-order valence-corrected chi connectivity index (χ3v) is 6.17. The molecule has 1 atom stereocenters. The molecule has 1 aliphatic carbocycles. The molecule has 5 rings (SSSR count). The van der Waals surface area contributed by atoms with E-state index in [0.717, 1.165) is 12.1 Å². The van der Waals surface area contributed by atoms with E-state index in [1.54, 1.807) is 6.20 Å². The Morgan fingerprint density at radius 3 is 2.26 bits per heavy atom. The first kappa shape index (κ1) is 19.4. The number of fused-ring (bicyclic) bond motifs is 1. The molecule has 6 nitrogen and oxygen atoms in total. The van der Waals surface area contributed by atoms with E-state index in [1.165, 1.54) is 5.56 Å². The second-order valence-electron chi connectivity index (χ2n) is 8.11. The monoisotopic (exact) mass is 412 g/mol. The number of ketones is 1. The summed E-state index contributed by atoms with van der Waals surface area (Å²) in [6.45, 7) is 2.60. The van der Waals surface area contributed by atoms with E-state index in [0.29, 0.717) is 49.7 Å². The van der Waals surface area contributed by atoms with E-state index in [-0.39, 0.29) is 17.6 Å². The van der Waals surface area contributed by atoms with Gasteiger partial charge in [0.15, 0.2) is 5.78 Å². The zero-order valence-electron chi connectivity index (χ0n) is 17.3. The minimum absolute atomic E-state index is 0.0582. The highest BCUT2D eigenvalue weighted by Crippen LogP contribution is 2.32. The Morgan fingerprint density at radius 1 is 0.871 bits per heavy atom.